The second-order valence-electron chi connectivity index (χ2n) is 5.33. The second-order valence-corrected chi connectivity index (χ2v) is 5.33. The van der Waals surface area contributed by atoms with Gasteiger partial charge < -0.3 is 9.64 Å². The van der Waals surface area contributed by atoms with Gasteiger partial charge in [0.05, 0.1) is 12.2 Å². The standard InChI is InChI=1S/C16H22N2O/c1-14-7-10-18(11-8-14)9-4-12-19-16-6-3-2-5-15(16)13-17/h2-3,5-6,14H,4,7-12H2,1H3. The normalized spacial score (nSPS) is 17.1. The van der Waals surface area contributed by atoms with Crippen LogP contribution >= 0.6 is 0 Å². The molecule has 2 rings (SSSR count). The molecule has 0 aliphatic carbocycles. The maximum absolute atomic E-state index is 8.97. The van der Waals surface area contributed by atoms with Gasteiger partial charge in [-0.05, 0) is 50.4 Å². The fourth-order valence-corrected chi connectivity index (χ4v) is 2.44. The smallest absolute Gasteiger partial charge is 0.137 e. The Bertz CT molecular complexity index is 431. The first kappa shape index (κ1) is 13.9. The Balaban J connectivity index is 1.68. The molecule has 3 nitrogen and oxygen atoms in total. The van der Waals surface area contributed by atoms with Crippen molar-refractivity contribution in [2.75, 3.05) is 26.2 Å². The first-order valence-corrected chi connectivity index (χ1v) is 7.14. The summed E-state index contributed by atoms with van der Waals surface area (Å²) in [4.78, 5) is 2.51. The molecule has 1 aromatic carbocycles. The van der Waals surface area contributed by atoms with Gasteiger partial charge in [-0.3, -0.25) is 0 Å². The van der Waals surface area contributed by atoms with Crippen LogP contribution in [-0.4, -0.2) is 31.1 Å². The number of hydrogen-bond donors (Lipinski definition) is 0. The van der Waals surface area contributed by atoms with Gasteiger partial charge in [0.2, 0.25) is 0 Å². The molecule has 0 spiro atoms. The number of nitrogens with zero attached hydrogens (tertiary/aromatic N) is 2. The number of nitriles is 1. The summed E-state index contributed by atoms with van der Waals surface area (Å²) >= 11 is 0. The third-order valence-electron chi connectivity index (χ3n) is 3.76. The molecule has 1 aliphatic heterocycles. The van der Waals surface area contributed by atoms with Crippen LogP contribution in [0.3, 0.4) is 0 Å². The van der Waals surface area contributed by atoms with E-state index in [0.717, 1.165) is 18.9 Å². The zero-order chi connectivity index (χ0) is 13.5. The summed E-state index contributed by atoms with van der Waals surface area (Å²) in [5.74, 6) is 1.59. The highest BCUT2D eigenvalue weighted by Gasteiger charge is 2.14. The van der Waals surface area contributed by atoms with Crippen molar-refractivity contribution in [3.63, 3.8) is 0 Å². The Labute approximate surface area is 115 Å². The van der Waals surface area contributed by atoms with Crippen LogP contribution in [0.1, 0.15) is 31.7 Å². The second kappa shape index (κ2) is 7.16. The first-order chi connectivity index (χ1) is 9.29. The highest BCUT2D eigenvalue weighted by molar-refractivity contribution is 5.42. The number of hydrogen-bond acceptors (Lipinski definition) is 3. The average molecular weight is 258 g/mol. The molecule has 0 bridgehead atoms. The van der Waals surface area contributed by atoms with Crippen molar-refractivity contribution >= 4 is 0 Å². The lowest BCUT2D eigenvalue weighted by Gasteiger charge is -2.30. The number of rotatable bonds is 5. The van der Waals surface area contributed by atoms with E-state index in [0.29, 0.717) is 17.9 Å². The van der Waals surface area contributed by atoms with Crippen LogP contribution in [0, 0.1) is 17.2 Å². The minimum absolute atomic E-state index is 0.620. The van der Waals surface area contributed by atoms with E-state index in [4.69, 9.17) is 10.00 Å². The number of piperidine rings is 1. The lowest BCUT2D eigenvalue weighted by Crippen LogP contribution is -2.34. The zero-order valence-electron chi connectivity index (χ0n) is 11.6. The van der Waals surface area contributed by atoms with Crippen molar-refractivity contribution in [3.8, 4) is 11.8 Å². The lowest BCUT2D eigenvalue weighted by molar-refractivity contribution is 0.177. The van der Waals surface area contributed by atoms with Gasteiger partial charge in [0.1, 0.15) is 11.8 Å². The maximum atomic E-state index is 8.97. The Kier molecular flexibility index (Phi) is 5.23. The van der Waals surface area contributed by atoms with Gasteiger partial charge in [-0.2, -0.15) is 5.26 Å². The van der Waals surface area contributed by atoms with Crippen LogP contribution in [0.25, 0.3) is 0 Å². The van der Waals surface area contributed by atoms with Gasteiger partial charge in [-0.25, -0.2) is 0 Å². The molecule has 0 saturated carbocycles. The van der Waals surface area contributed by atoms with Gasteiger partial charge in [0, 0.05) is 6.54 Å². The molecule has 19 heavy (non-hydrogen) atoms. The van der Waals surface area contributed by atoms with Crippen molar-refractivity contribution in [1.29, 1.82) is 5.26 Å². The molecule has 1 aromatic rings. The summed E-state index contributed by atoms with van der Waals surface area (Å²) in [6.07, 6.45) is 3.66. The van der Waals surface area contributed by atoms with Crippen molar-refractivity contribution in [1.82, 2.24) is 4.90 Å². The highest BCUT2D eigenvalue weighted by atomic mass is 16.5. The predicted octanol–water partition coefficient (Wildman–Crippen LogP) is 3.06. The Morgan fingerprint density at radius 2 is 2.05 bits per heavy atom. The van der Waals surface area contributed by atoms with Crippen LogP contribution in [0.5, 0.6) is 5.75 Å². The molecule has 0 amide bonds. The minimum atomic E-state index is 0.620. The van der Waals surface area contributed by atoms with Crippen LogP contribution in [0.2, 0.25) is 0 Å². The lowest BCUT2D eigenvalue weighted by atomic mass is 9.99. The summed E-state index contributed by atoms with van der Waals surface area (Å²) in [5, 5.41) is 8.97. The van der Waals surface area contributed by atoms with Gasteiger partial charge in [0.15, 0.2) is 0 Å². The average Bonchev–Trinajstić information content (AvgIpc) is 2.46. The third-order valence-corrected chi connectivity index (χ3v) is 3.76. The zero-order valence-corrected chi connectivity index (χ0v) is 11.6. The van der Waals surface area contributed by atoms with Gasteiger partial charge in [-0.1, -0.05) is 19.1 Å². The van der Waals surface area contributed by atoms with Gasteiger partial charge in [0.25, 0.3) is 0 Å². The van der Waals surface area contributed by atoms with E-state index in [1.54, 1.807) is 6.07 Å². The molecular weight excluding hydrogens is 236 g/mol. The van der Waals surface area contributed by atoms with Crippen LogP contribution in [0.4, 0.5) is 0 Å². The van der Waals surface area contributed by atoms with Crippen molar-refractivity contribution in [3.05, 3.63) is 29.8 Å². The molecule has 0 radical (unpaired) electrons. The van der Waals surface area contributed by atoms with Crippen LogP contribution in [0.15, 0.2) is 24.3 Å². The van der Waals surface area contributed by atoms with E-state index in [1.165, 1.54) is 25.9 Å². The highest BCUT2D eigenvalue weighted by Crippen LogP contribution is 2.18. The number of ether oxygens (including phenoxy) is 1. The molecule has 1 saturated heterocycles. The number of likely N-dealkylation sites (tertiary alicyclic amines) is 1. The molecule has 0 unspecified atom stereocenters. The van der Waals surface area contributed by atoms with Gasteiger partial charge in [-0.15, -0.1) is 0 Å². The third kappa shape index (κ3) is 4.25. The van der Waals surface area contributed by atoms with Gasteiger partial charge >= 0.3 is 0 Å². The van der Waals surface area contributed by atoms with E-state index in [-0.39, 0.29) is 0 Å². The van der Waals surface area contributed by atoms with E-state index < -0.39 is 0 Å². The van der Waals surface area contributed by atoms with Crippen LogP contribution in [-0.2, 0) is 0 Å². The fourth-order valence-electron chi connectivity index (χ4n) is 2.44. The topological polar surface area (TPSA) is 36.3 Å². The van der Waals surface area contributed by atoms with E-state index >= 15 is 0 Å². The summed E-state index contributed by atoms with van der Waals surface area (Å²) in [5.41, 5.74) is 0.620. The Hall–Kier alpha value is -1.53. The van der Waals surface area contributed by atoms with Crippen molar-refractivity contribution in [2.24, 2.45) is 5.92 Å². The van der Waals surface area contributed by atoms with E-state index in [9.17, 15) is 0 Å². The monoisotopic (exact) mass is 258 g/mol. The molecule has 102 valence electrons. The molecule has 0 aromatic heterocycles. The first-order valence-electron chi connectivity index (χ1n) is 7.14. The summed E-state index contributed by atoms with van der Waals surface area (Å²) in [6, 6.07) is 9.58. The van der Waals surface area contributed by atoms with Crippen molar-refractivity contribution < 1.29 is 4.74 Å². The van der Waals surface area contributed by atoms with Crippen LogP contribution < -0.4 is 4.74 Å². The Morgan fingerprint density at radius 1 is 1.32 bits per heavy atom. The molecule has 0 atom stereocenters. The SMILES string of the molecule is CC1CCN(CCCOc2ccccc2C#N)CC1. The largest absolute Gasteiger partial charge is 0.492 e. The molecule has 1 fully saturated rings. The Morgan fingerprint density at radius 3 is 2.79 bits per heavy atom. The molecule has 1 heterocycles. The van der Waals surface area contributed by atoms with E-state index in [2.05, 4.69) is 17.9 Å². The molecular formula is C16H22N2O. The van der Waals surface area contributed by atoms with E-state index in [1.807, 2.05) is 18.2 Å². The molecule has 0 N–H and O–H groups in total. The van der Waals surface area contributed by atoms with Crippen molar-refractivity contribution in [2.45, 2.75) is 26.2 Å². The fraction of sp³-hybridized carbons (Fsp3) is 0.562. The quantitative estimate of drug-likeness (QED) is 0.762. The summed E-state index contributed by atoms with van der Waals surface area (Å²) < 4.78 is 5.69. The summed E-state index contributed by atoms with van der Waals surface area (Å²) in [6.45, 7) is 6.55. The number of benzene rings is 1. The number of para-hydroxylation sites is 1. The predicted molar refractivity (Wildman–Crippen MR) is 76.1 cm³/mol. The molecule has 1 aliphatic rings. The summed E-state index contributed by atoms with van der Waals surface area (Å²) in [7, 11) is 0. The molecule has 3 heteroatoms. The minimum Gasteiger partial charge on any atom is -0.492 e. The maximum Gasteiger partial charge on any atom is 0.137 e.